The van der Waals surface area contributed by atoms with Gasteiger partial charge in [-0.2, -0.15) is 0 Å². The molecule has 6 heteroatoms. The third-order valence-electron chi connectivity index (χ3n) is 4.12. The van der Waals surface area contributed by atoms with E-state index in [0.717, 1.165) is 31.4 Å². The fourth-order valence-corrected chi connectivity index (χ4v) is 3.98. The molecule has 2 aliphatic rings. The summed E-state index contributed by atoms with van der Waals surface area (Å²) in [6, 6.07) is 2.29. The third kappa shape index (κ3) is 2.57. The third-order valence-corrected chi connectivity index (χ3v) is 5.58. The van der Waals surface area contributed by atoms with Crippen LogP contribution in [0.5, 0.6) is 0 Å². The minimum Gasteiger partial charge on any atom is -0.346 e. The number of nitrogens with two attached hydrogens (primary N) is 1. The molecule has 3 rings (SSSR count). The molecule has 1 aromatic rings. The van der Waals surface area contributed by atoms with Crippen LogP contribution in [0.1, 0.15) is 44.3 Å². The number of nitrogens with zero attached hydrogens (tertiary/aromatic N) is 1. The monoisotopic (exact) mass is 283 g/mol. The minimum absolute atomic E-state index is 0.126. The fourth-order valence-electron chi connectivity index (χ4n) is 2.61. The molecule has 1 heterocycles. The van der Waals surface area contributed by atoms with Crippen molar-refractivity contribution < 1.29 is 8.42 Å². The van der Waals surface area contributed by atoms with Gasteiger partial charge in [0.2, 0.25) is 10.0 Å². The first-order chi connectivity index (χ1) is 9.05. The van der Waals surface area contributed by atoms with Gasteiger partial charge in [-0.1, -0.05) is 13.3 Å². The predicted octanol–water partition coefficient (Wildman–Crippen LogP) is 1.36. The van der Waals surface area contributed by atoms with Crippen molar-refractivity contribution >= 4 is 10.0 Å². The molecule has 2 aliphatic carbocycles. The van der Waals surface area contributed by atoms with Gasteiger partial charge in [0.1, 0.15) is 0 Å². The van der Waals surface area contributed by atoms with Crippen LogP contribution in [-0.2, 0) is 16.6 Å². The lowest BCUT2D eigenvalue weighted by Gasteiger charge is -2.04. The van der Waals surface area contributed by atoms with Gasteiger partial charge < -0.3 is 10.3 Å². The molecule has 0 aromatic carbocycles. The number of hydrogen-bond donors (Lipinski definition) is 2. The van der Waals surface area contributed by atoms with E-state index < -0.39 is 10.0 Å². The number of sulfonamides is 1. The van der Waals surface area contributed by atoms with Gasteiger partial charge in [-0.3, -0.25) is 0 Å². The molecule has 2 fully saturated rings. The predicted molar refractivity (Wildman–Crippen MR) is 73.1 cm³/mol. The number of rotatable bonds is 6. The van der Waals surface area contributed by atoms with Crippen molar-refractivity contribution in [3.8, 4) is 0 Å². The van der Waals surface area contributed by atoms with Gasteiger partial charge in [-0.25, -0.2) is 13.1 Å². The standard InChI is InChI=1S/C13H21N3O2S/c1-2-9-5-13(9)15-19(17,18)12-6-11(7-14)16(8-12)10-3-4-10/h6,8-10,13,15H,2-5,7,14H2,1H3. The SMILES string of the molecule is CCC1CC1NS(=O)(=O)c1cc(CN)n(C2CC2)c1. The lowest BCUT2D eigenvalue weighted by molar-refractivity contribution is 0.575. The molecular formula is C13H21N3O2S. The van der Waals surface area contributed by atoms with Gasteiger partial charge in [0.05, 0.1) is 4.90 Å². The van der Waals surface area contributed by atoms with E-state index >= 15 is 0 Å². The summed E-state index contributed by atoms with van der Waals surface area (Å²) in [5.74, 6) is 0.509. The van der Waals surface area contributed by atoms with E-state index in [1.54, 1.807) is 12.3 Å². The summed E-state index contributed by atoms with van der Waals surface area (Å²) in [5.41, 5.74) is 6.60. The van der Waals surface area contributed by atoms with E-state index in [9.17, 15) is 8.42 Å². The Kier molecular flexibility index (Phi) is 3.19. The minimum atomic E-state index is -3.38. The number of hydrogen-bond acceptors (Lipinski definition) is 3. The van der Waals surface area contributed by atoms with E-state index in [1.807, 2.05) is 4.57 Å². The van der Waals surface area contributed by atoms with E-state index in [4.69, 9.17) is 5.73 Å². The molecule has 3 N–H and O–H groups in total. The zero-order chi connectivity index (χ0) is 13.6. The maximum atomic E-state index is 12.3. The average molecular weight is 283 g/mol. The molecule has 1 aromatic heterocycles. The normalized spacial score (nSPS) is 26.6. The number of nitrogens with one attached hydrogen (secondary N) is 1. The van der Waals surface area contributed by atoms with Crippen LogP contribution < -0.4 is 10.5 Å². The summed E-state index contributed by atoms with van der Waals surface area (Å²) in [7, 11) is -3.38. The first-order valence-corrected chi connectivity index (χ1v) is 8.46. The van der Waals surface area contributed by atoms with Crippen molar-refractivity contribution in [1.82, 2.24) is 9.29 Å². The van der Waals surface area contributed by atoms with Gasteiger partial charge in [0.15, 0.2) is 0 Å². The summed E-state index contributed by atoms with van der Waals surface area (Å²) in [4.78, 5) is 0.363. The molecule has 0 spiro atoms. The smallest absolute Gasteiger partial charge is 0.242 e. The highest BCUT2D eigenvalue weighted by Gasteiger charge is 2.39. The maximum Gasteiger partial charge on any atom is 0.242 e. The van der Waals surface area contributed by atoms with E-state index in [0.29, 0.717) is 23.4 Å². The summed E-state index contributed by atoms with van der Waals surface area (Å²) in [6.07, 6.45) is 5.98. The molecule has 2 atom stereocenters. The fraction of sp³-hybridized carbons (Fsp3) is 0.692. The van der Waals surface area contributed by atoms with E-state index in [2.05, 4.69) is 11.6 Å². The van der Waals surface area contributed by atoms with Crippen LogP contribution in [0.15, 0.2) is 17.2 Å². The maximum absolute atomic E-state index is 12.3. The quantitative estimate of drug-likeness (QED) is 0.827. The first-order valence-electron chi connectivity index (χ1n) is 6.98. The molecule has 2 unspecified atom stereocenters. The van der Waals surface area contributed by atoms with Crippen molar-refractivity contribution in [3.05, 3.63) is 18.0 Å². The Morgan fingerprint density at radius 2 is 2.21 bits per heavy atom. The summed E-state index contributed by atoms with van der Waals surface area (Å²) >= 11 is 0. The van der Waals surface area contributed by atoms with Crippen molar-refractivity contribution in [1.29, 1.82) is 0 Å². The second-order valence-corrected chi connectivity index (χ2v) is 7.36. The number of aromatic nitrogens is 1. The molecule has 0 amide bonds. The largest absolute Gasteiger partial charge is 0.346 e. The zero-order valence-electron chi connectivity index (χ0n) is 11.2. The second kappa shape index (κ2) is 4.61. The van der Waals surface area contributed by atoms with Crippen LogP contribution in [0, 0.1) is 5.92 Å². The molecule has 106 valence electrons. The first kappa shape index (κ1) is 13.1. The Morgan fingerprint density at radius 3 is 2.74 bits per heavy atom. The van der Waals surface area contributed by atoms with Crippen molar-refractivity contribution in [2.45, 2.75) is 56.1 Å². The van der Waals surface area contributed by atoms with Crippen molar-refractivity contribution in [2.75, 3.05) is 0 Å². The van der Waals surface area contributed by atoms with Crippen LogP contribution in [0.3, 0.4) is 0 Å². The topological polar surface area (TPSA) is 77.1 Å². The van der Waals surface area contributed by atoms with Crippen LogP contribution in [0.25, 0.3) is 0 Å². The zero-order valence-corrected chi connectivity index (χ0v) is 12.0. The molecule has 2 saturated carbocycles. The van der Waals surface area contributed by atoms with Crippen molar-refractivity contribution in [3.63, 3.8) is 0 Å². The van der Waals surface area contributed by atoms with Crippen LogP contribution in [0.2, 0.25) is 0 Å². The van der Waals surface area contributed by atoms with E-state index in [1.165, 1.54) is 0 Å². The Morgan fingerprint density at radius 1 is 1.47 bits per heavy atom. The average Bonchev–Trinajstić information content (AvgIpc) is 3.28. The van der Waals surface area contributed by atoms with Gasteiger partial charge in [-0.15, -0.1) is 0 Å². The van der Waals surface area contributed by atoms with Gasteiger partial charge >= 0.3 is 0 Å². The molecule has 0 saturated heterocycles. The van der Waals surface area contributed by atoms with Gasteiger partial charge in [0, 0.05) is 30.5 Å². The Balaban J connectivity index is 1.80. The Bertz CT molecular complexity index is 575. The molecular weight excluding hydrogens is 262 g/mol. The Hall–Kier alpha value is -0.850. The molecule has 0 bridgehead atoms. The highest BCUT2D eigenvalue weighted by atomic mass is 32.2. The summed E-state index contributed by atoms with van der Waals surface area (Å²) in [6.45, 7) is 2.47. The van der Waals surface area contributed by atoms with E-state index in [-0.39, 0.29) is 6.04 Å². The van der Waals surface area contributed by atoms with Crippen molar-refractivity contribution in [2.24, 2.45) is 11.7 Å². The summed E-state index contributed by atoms with van der Waals surface area (Å²) in [5, 5.41) is 0. The van der Waals surface area contributed by atoms with Gasteiger partial charge in [-0.05, 0) is 31.2 Å². The lowest BCUT2D eigenvalue weighted by Crippen LogP contribution is -2.26. The molecule has 0 radical (unpaired) electrons. The highest BCUT2D eigenvalue weighted by molar-refractivity contribution is 7.89. The highest BCUT2D eigenvalue weighted by Crippen LogP contribution is 2.38. The summed E-state index contributed by atoms with van der Waals surface area (Å²) < 4.78 is 29.4. The molecule has 0 aliphatic heterocycles. The lowest BCUT2D eigenvalue weighted by atomic mass is 10.3. The van der Waals surface area contributed by atoms with Crippen LogP contribution >= 0.6 is 0 Å². The molecule has 19 heavy (non-hydrogen) atoms. The molecule has 5 nitrogen and oxygen atoms in total. The van der Waals surface area contributed by atoms with Gasteiger partial charge in [0.25, 0.3) is 0 Å². The van der Waals surface area contributed by atoms with Crippen LogP contribution in [-0.4, -0.2) is 19.0 Å². The van der Waals surface area contributed by atoms with Crippen LogP contribution in [0.4, 0.5) is 0 Å². The second-order valence-electron chi connectivity index (χ2n) is 5.64. The Labute approximate surface area is 114 Å².